The van der Waals surface area contributed by atoms with E-state index in [-0.39, 0.29) is 42.6 Å². The molecule has 3 rings (SSSR count). The second kappa shape index (κ2) is 10.2. The zero-order valence-electron chi connectivity index (χ0n) is 19.0. The van der Waals surface area contributed by atoms with Gasteiger partial charge in [0.2, 0.25) is 0 Å². The summed E-state index contributed by atoms with van der Waals surface area (Å²) < 4.78 is 18.4. The van der Waals surface area contributed by atoms with Crippen LogP contribution in [0.5, 0.6) is 11.5 Å². The Morgan fingerprint density at radius 1 is 1.12 bits per heavy atom. The minimum atomic E-state index is -0.577. The number of aryl methyl sites for hydroxylation is 1. The molecule has 176 valence electrons. The van der Waals surface area contributed by atoms with Gasteiger partial charge >= 0.3 is 11.7 Å². The summed E-state index contributed by atoms with van der Waals surface area (Å²) in [5.41, 5.74) is 0.125. The summed E-state index contributed by atoms with van der Waals surface area (Å²) in [6, 6.07) is 5.21. The fourth-order valence-corrected chi connectivity index (χ4v) is 3.82. The third-order valence-electron chi connectivity index (χ3n) is 4.90. The van der Waals surface area contributed by atoms with Crippen LogP contribution in [0.15, 0.2) is 32.4 Å². The molecule has 0 saturated carbocycles. The zero-order valence-corrected chi connectivity index (χ0v) is 20.6. The second-order valence-electron chi connectivity index (χ2n) is 7.55. The van der Waals surface area contributed by atoms with Crippen LogP contribution in [0.2, 0.25) is 0 Å². The maximum absolute atomic E-state index is 13.1. The Morgan fingerprint density at radius 2 is 1.82 bits per heavy atom. The summed E-state index contributed by atoms with van der Waals surface area (Å²) in [4.78, 5) is 46.6. The van der Waals surface area contributed by atoms with E-state index in [1.165, 1.54) is 25.8 Å². The molecule has 3 aromatic rings. The molecule has 0 N–H and O–H groups in total. The van der Waals surface area contributed by atoms with Gasteiger partial charge in [0.05, 0.1) is 20.3 Å². The SMILES string of the molecule is COc1ccc(-c2nc3c(=O)n(CCCC(=O)OC(C)C)c(=O)n(C)c3nc2Br)cc1OC. The standard InChI is InChI=1S/C22H25BrN4O6/c1-12(2)33-16(28)7-6-10-27-21(29)18-20(26(3)22(27)30)25-19(23)17(24-18)13-8-9-14(31-4)15(11-13)32-5/h8-9,11-12H,6-7,10H2,1-5H3. The topological polar surface area (TPSA) is 115 Å². The highest BCUT2D eigenvalue weighted by Crippen LogP contribution is 2.34. The van der Waals surface area contributed by atoms with Crippen LogP contribution >= 0.6 is 15.9 Å². The fourth-order valence-electron chi connectivity index (χ4n) is 3.34. The number of hydrogen-bond donors (Lipinski definition) is 0. The predicted octanol–water partition coefficient (Wildman–Crippen LogP) is 2.67. The number of fused-ring (bicyclic) bond motifs is 1. The maximum atomic E-state index is 13.1. The number of hydrogen-bond acceptors (Lipinski definition) is 8. The summed E-state index contributed by atoms with van der Waals surface area (Å²) in [5.74, 6) is 0.664. The third-order valence-corrected chi connectivity index (χ3v) is 5.46. The van der Waals surface area contributed by atoms with Gasteiger partial charge in [-0.1, -0.05) is 0 Å². The van der Waals surface area contributed by atoms with E-state index in [2.05, 4.69) is 25.9 Å². The van der Waals surface area contributed by atoms with E-state index >= 15 is 0 Å². The number of carbonyl (C=O) groups excluding carboxylic acids is 1. The summed E-state index contributed by atoms with van der Waals surface area (Å²) >= 11 is 3.39. The van der Waals surface area contributed by atoms with Crippen LogP contribution in [0, 0.1) is 0 Å². The number of methoxy groups -OCH3 is 2. The summed E-state index contributed by atoms with van der Waals surface area (Å²) in [5, 5.41) is 0. The highest BCUT2D eigenvalue weighted by Gasteiger charge is 2.19. The molecular weight excluding hydrogens is 496 g/mol. The highest BCUT2D eigenvalue weighted by atomic mass is 79.9. The molecule has 0 saturated heterocycles. The van der Waals surface area contributed by atoms with Gasteiger partial charge in [0, 0.05) is 25.6 Å². The van der Waals surface area contributed by atoms with Gasteiger partial charge in [-0.2, -0.15) is 0 Å². The van der Waals surface area contributed by atoms with Crippen molar-refractivity contribution >= 4 is 33.1 Å². The first-order chi connectivity index (χ1) is 15.7. The quantitative estimate of drug-likeness (QED) is 0.416. The van der Waals surface area contributed by atoms with Crippen LogP contribution in [-0.4, -0.2) is 45.4 Å². The maximum Gasteiger partial charge on any atom is 0.332 e. The Bertz CT molecular complexity index is 1310. The average molecular weight is 521 g/mol. The Balaban J connectivity index is 2.05. The second-order valence-corrected chi connectivity index (χ2v) is 8.30. The van der Waals surface area contributed by atoms with Crippen molar-refractivity contribution in [3.05, 3.63) is 43.6 Å². The van der Waals surface area contributed by atoms with Crippen molar-refractivity contribution in [1.82, 2.24) is 19.1 Å². The molecule has 33 heavy (non-hydrogen) atoms. The molecule has 0 fully saturated rings. The van der Waals surface area contributed by atoms with Crippen LogP contribution < -0.4 is 20.7 Å². The summed E-state index contributed by atoms with van der Waals surface area (Å²) in [7, 11) is 4.58. The monoisotopic (exact) mass is 520 g/mol. The molecule has 0 radical (unpaired) electrons. The lowest BCUT2D eigenvalue weighted by molar-refractivity contribution is -0.147. The van der Waals surface area contributed by atoms with E-state index in [0.29, 0.717) is 27.4 Å². The third kappa shape index (κ3) is 5.08. The Morgan fingerprint density at radius 3 is 2.45 bits per heavy atom. The van der Waals surface area contributed by atoms with Gasteiger partial charge < -0.3 is 14.2 Å². The largest absolute Gasteiger partial charge is 0.493 e. The van der Waals surface area contributed by atoms with Crippen molar-refractivity contribution in [2.75, 3.05) is 14.2 Å². The van der Waals surface area contributed by atoms with E-state index in [9.17, 15) is 14.4 Å². The number of benzene rings is 1. The minimum Gasteiger partial charge on any atom is -0.493 e. The molecule has 10 nitrogen and oxygen atoms in total. The van der Waals surface area contributed by atoms with Gasteiger partial charge in [-0.05, 0) is 54.4 Å². The lowest BCUT2D eigenvalue weighted by Crippen LogP contribution is -2.40. The first kappa shape index (κ1) is 24.4. The van der Waals surface area contributed by atoms with E-state index in [1.807, 2.05) is 0 Å². The van der Waals surface area contributed by atoms with E-state index < -0.39 is 11.2 Å². The molecule has 0 spiro atoms. The molecule has 0 aliphatic rings. The number of aromatic nitrogens is 4. The number of halogens is 1. The number of carbonyl (C=O) groups is 1. The molecule has 0 unspecified atom stereocenters. The van der Waals surface area contributed by atoms with Crippen molar-refractivity contribution in [1.29, 1.82) is 0 Å². The highest BCUT2D eigenvalue weighted by molar-refractivity contribution is 9.10. The molecule has 2 aromatic heterocycles. The van der Waals surface area contributed by atoms with Crippen molar-refractivity contribution < 1.29 is 19.0 Å². The fraction of sp³-hybridized carbons (Fsp3) is 0.409. The minimum absolute atomic E-state index is 0.0369. The smallest absolute Gasteiger partial charge is 0.332 e. The molecule has 0 aliphatic heterocycles. The Hall–Kier alpha value is -3.21. The number of rotatable bonds is 8. The van der Waals surface area contributed by atoms with Crippen molar-refractivity contribution in [2.24, 2.45) is 7.05 Å². The van der Waals surface area contributed by atoms with Crippen molar-refractivity contribution in [2.45, 2.75) is 39.3 Å². The lowest BCUT2D eigenvalue weighted by Gasteiger charge is -2.13. The van der Waals surface area contributed by atoms with E-state index in [0.717, 1.165) is 4.57 Å². The van der Waals surface area contributed by atoms with Gasteiger partial charge in [0.15, 0.2) is 22.7 Å². The van der Waals surface area contributed by atoms with Crippen molar-refractivity contribution in [3.8, 4) is 22.8 Å². The molecular formula is C22H25BrN4O6. The van der Waals surface area contributed by atoms with Gasteiger partial charge in [-0.15, -0.1) is 0 Å². The van der Waals surface area contributed by atoms with Crippen molar-refractivity contribution in [3.63, 3.8) is 0 Å². The predicted molar refractivity (Wildman–Crippen MR) is 126 cm³/mol. The van der Waals surface area contributed by atoms with Crippen LogP contribution in [0.1, 0.15) is 26.7 Å². The lowest BCUT2D eigenvalue weighted by atomic mass is 10.1. The zero-order chi connectivity index (χ0) is 24.3. The Kier molecular flexibility index (Phi) is 7.52. The van der Waals surface area contributed by atoms with Gasteiger partial charge in [-0.25, -0.2) is 14.8 Å². The summed E-state index contributed by atoms with van der Waals surface area (Å²) in [6.45, 7) is 3.57. The first-order valence-electron chi connectivity index (χ1n) is 10.3. The molecule has 0 bridgehead atoms. The number of esters is 1. The van der Waals surface area contributed by atoms with Gasteiger partial charge in [0.25, 0.3) is 5.56 Å². The molecule has 1 aromatic carbocycles. The Labute approximate surface area is 198 Å². The van der Waals surface area contributed by atoms with Crippen LogP contribution in [0.3, 0.4) is 0 Å². The normalized spacial score (nSPS) is 11.1. The molecule has 0 amide bonds. The molecule has 2 heterocycles. The number of nitrogens with zero attached hydrogens (tertiary/aromatic N) is 4. The van der Waals surface area contributed by atoms with E-state index in [1.54, 1.807) is 32.0 Å². The molecule has 0 atom stereocenters. The van der Waals surface area contributed by atoms with Crippen LogP contribution in [0.4, 0.5) is 0 Å². The van der Waals surface area contributed by atoms with Gasteiger partial charge in [0.1, 0.15) is 10.3 Å². The molecule has 11 heteroatoms. The first-order valence-corrected chi connectivity index (χ1v) is 11.1. The van der Waals surface area contributed by atoms with Crippen LogP contribution in [-0.2, 0) is 23.1 Å². The van der Waals surface area contributed by atoms with Crippen LogP contribution in [0.25, 0.3) is 22.4 Å². The number of ether oxygens (including phenoxy) is 3. The van der Waals surface area contributed by atoms with E-state index in [4.69, 9.17) is 14.2 Å². The average Bonchev–Trinajstić information content (AvgIpc) is 2.78. The molecule has 0 aliphatic carbocycles. The van der Waals surface area contributed by atoms with Gasteiger partial charge in [-0.3, -0.25) is 18.7 Å². The summed E-state index contributed by atoms with van der Waals surface area (Å²) in [6.07, 6.45) is 0.144.